The largest absolute Gasteiger partial charge is 0.319 e. The second-order valence-electron chi connectivity index (χ2n) is 6.90. The van der Waals surface area contributed by atoms with Gasteiger partial charge in [0.15, 0.2) is 0 Å². The second-order valence-corrected chi connectivity index (χ2v) is 8.99. The summed E-state index contributed by atoms with van der Waals surface area (Å²) in [7, 11) is -1.50. The van der Waals surface area contributed by atoms with Gasteiger partial charge >= 0.3 is 0 Å². The van der Waals surface area contributed by atoms with E-state index >= 15 is 0 Å². The molecule has 3 rings (SSSR count). The van der Waals surface area contributed by atoms with Crippen molar-refractivity contribution in [3.8, 4) is 0 Å². The van der Waals surface area contributed by atoms with Crippen LogP contribution in [0.25, 0.3) is 0 Å². The molecule has 9 heteroatoms. The lowest BCUT2D eigenvalue weighted by Crippen LogP contribution is -2.43. The van der Waals surface area contributed by atoms with Crippen molar-refractivity contribution in [2.75, 3.05) is 39.0 Å². The zero-order chi connectivity index (χ0) is 18.7. The highest BCUT2D eigenvalue weighted by atomic mass is 35.5. The molecule has 0 aliphatic carbocycles. The van der Waals surface area contributed by atoms with Gasteiger partial charge in [0.05, 0.1) is 16.9 Å². The average molecular weight is 416 g/mol. The van der Waals surface area contributed by atoms with Crippen molar-refractivity contribution in [3.63, 3.8) is 0 Å². The van der Waals surface area contributed by atoms with Crippen molar-refractivity contribution in [1.82, 2.24) is 14.5 Å². The van der Waals surface area contributed by atoms with Crippen LogP contribution in [-0.4, -0.2) is 68.4 Å². The molecule has 0 bridgehead atoms. The summed E-state index contributed by atoms with van der Waals surface area (Å²) >= 11 is 0. The molecular formula is C18H26ClN3O4S. The smallest absolute Gasteiger partial charge is 0.261 e. The lowest BCUT2D eigenvalue weighted by Gasteiger charge is -2.32. The van der Waals surface area contributed by atoms with Crippen LogP contribution in [0.1, 0.15) is 40.0 Å². The van der Waals surface area contributed by atoms with E-state index in [4.69, 9.17) is 0 Å². The molecule has 150 valence electrons. The monoisotopic (exact) mass is 415 g/mol. The normalized spacial score (nSPS) is 20.5. The lowest BCUT2D eigenvalue weighted by molar-refractivity contribution is 0.0654. The maximum Gasteiger partial charge on any atom is 0.261 e. The standard InChI is InChI=1S/C18H25N3O4S.ClH/c1-19-12-14-6-4-9-20(13-14)26(24,25)11-5-10-21-17(22)15-7-2-3-8-16(15)18(21)23;/h2-3,7-8,14,19H,4-6,9-13H2,1H3;1H. The van der Waals surface area contributed by atoms with Crippen LogP contribution in [0.15, 0.2) is 24.3 Å². The summed E-state index contributed by atoms with van der Waals surface area (Å²) in [4.78, 5) is 25.8. The number of nitrogens with one attached hydrogen (secondary N) is 1. The van der Waals surface area contributed by atoms with Crippen LogP contribution in [0.4, 0.5) is 0 Å². The summed E-state index contributed by atoms with van der Waals surface area (Å²) in [5.74, 6) is -0.392. The number of imide groups is 1. The van der Waals surface area contributed by atoms with Crippen LogP contribution in [0, 0.1) is 5.92 Å². The average Bonchev–Trinajstić information content (AvgIpc) is 2.87. The Hall–Kier alpha value is -1.48. The number of hydrogen-bond donors (Lipinski definition) is 1. The SMILES string of the molecule is CNCC1CCCN(S(=O)(=O)CCCN2C(=O)c3ccccc3C2=O)C1.Cl. The molecule has 2 heterocycles. The number of benzene rings is 1. The predicted molar refractivity (Wildman–Crippen MR) is 106 cm³/mol. The first-order valence-corrected chi connectivity index (χ1v) is 10.6. The van der Waals surface area contributed by atoms with E-state index in [1.54, 1.807) is 28.6 Å². The summed E-state index contributed by atoms with van der Waals surface area (Å²) in [6, 6.07) is 6.69. The molecule has 0 aromatic heterocycles. The molecule has 1 fully saturated rings. The first kappa shape index (κ1) is 21.8. The fourth-order valence-electron chi connectivity index (χ4n) is 3.71. The second kappa shape index (κ2) is 9.14. The lowest BCUT2D eigenvalue weighted by atomic mass is 10.00. The van der Waals surface area contributed by atoms with Crippen LogP contribution in [-0.2, 0) is 10.0 Å². The Morgan fingerprint density at radius 2 is 1.78 bits per heavy atom. The first-order chi connectivity index (χ1) is 12.4. The minimum absolute atomic E-state index is 0. The Labute approximate surface area is 166 Å². The van der Waals surface area contributed by atoms with E-state index in [0.717, 1.165) is 24.3 Å². The first-order valence-electron chi connectivity index (χ1n) is 9.01. The third-order valence-corrected chi connectivity index (χ3v) is 6.95. The quantitative estimate of drug-likeness (QED) is 0.679. The van der Waals surface area contributed by atoms with E-state index in [9.17, 15) is 18.0 Å². The van der Waals surface area contributed by atoms with E-state index in [1.807, 2.05) is 7.05 Å². The summed E-state index contributed by atoms with van der Waals surface area (Å²) in [6.45, 7) is 2.02. The Morgan fingerprint density at radius 1 is 1.15 bits per heavy atom. The number of halogens is 1. The fraction of sp³-hybridized carbons (Fsp3) is 0.556. The van der Waals surface area contributed by atoms with E-state index < -0.39 is 10.0 Å². The molecule has 0 spiro atoms. The molecule has 1 atom stereocenters. The van der Waals surface area contributed by atoms with Gasteiger partial charge in [0.25, 0.3) is 11.8 Å². The number of rotatable bonds is 7. The van der Waals surface area contributed by atoms with Gasteiger partial charge < -0.3 is 5.32 Å². The van der Waals surface area contributed by atoms with Gasteiger partial charge in [-0.2, -0.15) is 0 Å². The molecule has 1 N–H and O–H groups in total. The van der Waals surface area contributed by atoms with Gasteiger partial charge in [-0.05, 0) is 50.9 Å². The molecule has 1 aromatic carbocycles. The molecule has 0 saturated carbocycles. The number of carbonyl (C=O) groups excluding carboxylic acids is 2. The number of carbonyl (C=O) groups is 2. The highest BCUT2D eigenvalue weighted by molar-refractivity contribution is 7.89. The van der Waals surface area contributed by atoms with Crippen molar-refractivity contribution in [2.24, 2.45) is 5.92 Å². The summed E-state index contributed by atoms with van der Waals surface area (Å²) in [6.07, 6.45) is 2.15. The van der Waals surface area contributed by atoms with Crippen molar-refractivity contribution >= 4 is 34.2 Å². The Kier molecular flexibility index (Phi) is 7.39. The van der Waals surface area contributed by atoms with Crippen LogP contribution >= 0.6 is 12.4 Å². The molecule has 2 aliphatic rings. The Bertz CT molecular complexity index is 763. The highest BCUT2D eigenvalue weighted by Gasteiger charge is 2.35. The number of hydrogen-bond acceptors (Lipinski definition) is 5. The molecular weight excluding hydrogens is 390 g/mol. The van der Waals surface area contributed by atoms with E-state index in [2.05, 4.69) is 5.32 Å². The number of amides is 2. The van der Waals surface area contributed by atoms with Gasteiger partial charge in [-0.3, -0.25) is 14.5 Å². The van der Waals surface area contributed by atoms with Crippen LogP contribution in [0.3, 0.4) is 0 Å². The van der Waals surface area contributed by atoms with Gasteiger partial charge in [0.1, 0.15) is 0 Å². The van der Waals surface area contributed by atoms with Crippen molar-refractivity contribution in [1.29, 1.82) is 0 Å². The summed E-state index contributed by atoms with van der Waals surface area (Å²) < 4.78 is 26.8. The maximum atomic E-state index is 12.6. The molecule has 1 unspecified atom stereocenters. The zero-order valence-electron chi connectivity index (χ0n) is 15.4. The maximum absolute atomic E-state index is 12.6. The highest BCUT2D eigenvalue weighted by Crippen LogP contribution is 2.23. The minimum atomic E-state index is -3.37. The molecule has 2 amide bonds. The molecule has 2 aliphatic heterocycles. The molecule has 1 saturated heterocycles. The summed E-state index contributed by atoms with van der Waals surface area (Å²) in [5.41, 5.74) is 0.789. The third kappa shape index (κ3) is 4.68. The van der Waals surface area contributed by atoms with Crippen molar-refractivity contribution < 1.29 is 18.0 Å². The van der Waals surface area contributed by atoms with Gasteiger partial charge in [-0.15, -0.1) is 12.4 Å². The number of piperidine rings is 1. The van der Waals surface area contributed by atoms with Crippen LogP contribution in [0.2, 0.25) is 0 Å². The third-order valence-electron chi connectivity index (χ3n) is 5.03. The zero-order valence-corrected chi connectivity index (χ0v) is 17.0. The Morgan fingerprint density at radius 3 is 2.37 bits per heavy atom. The van der Waals surface area contributed by atoms with Gasteiger partial charge in [0.2, 0.25) is 10.0 Å². The van der Waals surface area contributed by atoms with E-state index in [0.29, 0.717) is 30.1 Å². The van der Waals surface area contributed by atoms with E-state index in [1.165, 1.54) is 0 Å². The van der Waals surface area contributed by atoms with E-state index in [-0.39, 0.29) is 42.9 Å². The number of sulfonamides is 1. The topological polar surface area (TPSA) is 86.8 Å². The number of fused-ring (bicyclic) bond motifs is 1. The minimum Gasteiger partial charge on any atom is -0.319 e. The van der Waals surface area contributed by atoms with Gasteiger partial charge in [-0.1, -0.05) is 12.1 Å². The van der Waals surface area contributed by atoms with Crippen molar-refractivity contribution in [2.45, 2.75) is 19.3 Å². The number of nitrogens with zero attached hydrogens (tertiary/aromatic N) is 2. The van der Waals surface area contributed by atoms with Gasteiger partial charge in [0, 0.05) is 19.6 Å². The Balaban J connectivity index is 0.00000261. The van der Waals surface area contributed by atoms with Crippen LogP contribution in [0.5, 0.6) is 0 Å². The molecule has 1 aromatic rings. The van der Waals surface area contributed by atoms with Crippen LogP contribution < -0.4 is 5.32 Å². The van der Waals surface area contributed by atoms with Gasteiger partial charge in [-0.25, -0.2) is 12.7 Å². The molecule has 0 radical (unpaired) electrons. The molecule has 7 nitrogen and oxygen atoms in total. The summed E-state index contributed by atoms with van der Waals surface area (Å²) in [5, 5.41) is 3.10. The predicted octanol–water partition coefficient (Wildman–Crippen LogP) is 1.36. The fourth-order valence-corrected chi connectivity index (χ4v) is 5.31. The molecule has 27 heavy (non-hydrogen) atoms. The van der Waals surface area contributed by atoms with Crippen molar-refractivity contribution in [3.05, 3.63) is 35.4 Å².